The molecule has 0 unspecified atom stereocenters. The molecule has 2 aliphatic rings. The van der Waals surface area contributed by atoms with E-state index in [1.54, 1.807) is 0 Å². The predicted molar refractivity (Wildman–Crippen MR) is 43.8 cm³/mol. The van der Waals surface area contributed by atoms with Crippen LogP contribution in [0.25, 0.3) is 0 Å². The smallest absolute Gasteiger partial charge is 0.0701 e. The Balaban J connectivity index is 0.000000167. The van der Waals surface area contributed by atoms with Crippen LogP contribution < -0.4 is 0 Å². The SMILES string of the molecule is C1CO1.CCN1CCOCC1. The average Bonchev–Trinajstić information content (AvgIpc) is 2.92. The van der Waals surface area contributed by atoms with Gasteiger partial charge in [-0.3, -0.25) is 4.90 Å². The van der Waals surface area contributed by atoms with Crippen molar-refractivity contribution in [2.24, 2.45) is 0 Å². The normalized spacial score (nSPS) is 23.7. The molecule has 0 N–H and O–H groups in total. The minimum absolute atomic E-state index is 0.924. The number of morpholine rings is 1. The van der Waals surface area contributed by atoms with Crippen molar-refractivity contribution >= 4 is 0 Å². The molecule has 2 aliphatic heterocycles. The van der Waals surface area contributed by atoms with E-state index in [0.717, 1.165) is 39.5 Å². The highest BCUT2D eigenvalue weighted by molar-refractivity contribution is 4.57. The molecule has 0 aromatic carbocycles. The fraction of sp³-hybridized carbons (Fsp3) is 1.00. The Kier molecular flexibility index (Phi) is 4.50. The summed E-state index contributed by atoms with van der Waals surface area (Å²) in [5.41, 5.74) is 0. The maximum atomic E-state index is 5.16. The predicted octanol–water partition coefficient (Wildman–Crippen LogP) is 0.355. The zero-order valence-corrected chi connectivity index (χ0v) is 7.21. The van der Waals surface area contributed by atoms with Crippen molar-refractivity contribution in [3.05, 3.63) is 0 Å². The maximum Gasteiger partial charge on any atom is 0.0701 e. The highest BCUT2D eigenvalue weighted by Gasteiger charge is 2.05. The highest BCUT2D eigenvalue weighted by atomic mass is 16.6. The van der Waals surface area contributed by atoms with E-state index in [1.165, 1.54) is 6.54 Å². The maximum absolute atomic E-state index is 5.16. The molecular weight excluding hydrogens is 142 g/mol. The van der Waals surface area contributed by atoms with Gasteiger partial charge in [0.15, 0.2) is 0 Å². The van der Waals surface area contributed by atoms with Crippen molar-refractivity contribution in [2.45, 2.75) is 6.92 Å². The molecule has 3 heteroatoms. The molecule has 0 aliphatic carbocycles. The minimum Gasteiger partial charge on any atom is -0.379 e. The third-order valence-electron chi connectivity index (χ3n) is 1.76. The lowest BCUT2D eigenvalue weighted by Crippen LogP contribution is -2.35. The van der Waals surface area contributed by atoms with Gasteiger partial charge in [-0.2, -0.15) is 0 Å². The summed E-state index contributed by atoms with van der Waals surface area (Å²) in [4.78, 5) is 2.39. The molecule has 0 aromatic heterocycles. The molecule has 2 heterocycles. The quantitative estimate of drug-likeness (QED) is 0.516. The molecule has 2 saturated heterocycles. The lowest BCUT2D eigenvalue weighted by molar-refractivity contribution is 0.0405. The second kappa shape index (κ2) is 5.52. The topological polar surface area (TPSA) is 25.0 Å². The summed E-state index contributed by atoms with van der Waals surface area (Å²) < 4.78 is 9.66. The largest absolute Gasteiger partial charge is 0.379 e. The molecule has 0 saturated carbocycles. The van der Waals surface area contributed by atoms with Crippen LogP contribution >= 0.6 is 0 Å². The molecule has 11 heavy (non-hydrogen) atoms. The van der Waals surface area contributed by atoms with Gasteiger partial charge in [0.2, 0.25) is 0 Å². The molecular formula is C8H17NO2. The van der Waals surface area contributed by atoms with Crippen molar-refractivity contribution in [1.82, 2.24) is 4.90 Å². The highest BCUT2D eigenvalue weighted by Crippen LogP contribution is 1.93. The molecule has 2 rings (SSSR count). The summed E-state index contributed by atoms with van der Waals surface area (Å²) in [6.07, 6.45) is 0. The summed E-state index contributed by atoms with van der Waals surface area (Å²) in [5.74, 6) is 0. The molecule has 0 spiro atoms. The Labute approximate surface area is 68.3 Å². The Hall–Kier alpha value is -0.120. The van der Waals surface area contributed by atoms with Gasteiger partial charge in [0.1, 0.15) is 0 Å². The Morgan fingerprint density at radius 2 is 1.55 bits per heavy atom. The van der Waals surface area contributed by atoms with Gasteiger partial charge >= 0.3 is 0 Å². The first-order valence-electron chi connectivity index (χ1n) is 4.31. The number of nitrogens with zero attached hydrogens (tertiary/aromatic N) is 1. The van der Waals surface area contributed by atoms with Crippen molar-refractivity contribution in [1.29, 1.82) is 0 Å². The molecule has 2 fully saturated rings. The van der Waals surface area contributed by atoms with Gasteiger partial charge in [-0.25, -0.2) is 0 Å². The first kappa shape index (κ1) is 8.97. The van der Waals surface area contributed by atoms with Crippen LogP contribution in [-0.4, -0.2) is 51.0 Å². The van der Waals surface area contributed by atoms with E-state index in [2.05, 4.69) is 16.6 Å². The third-order valence-corrected chi connectivity index (χ3v) is 1.76. The lowest BCUT2D eigenvalue weighted by Gasteiger charge is -2.24. The van der Waals surface area contributed by atoms with Gasteiger partial charge in [-0.1, -0.05) is 6.92 Å². The molecule has 0 radical (unpaired) electrons. The summed E-state index contributed by atoms with van der Waals surface area (Å²) >= 11 is 0. The summed E-state index contributed by atoms with van der Waals surface area (Å²) in [7, 11) is 0. The minimum atomic E-state index is 0.924. The summed E-state index contributed by atoms with van der Waals surface area (Å²) in [5, 5.41) is 0. The van der Waals surface area contributed by atoms with Gasteiger partial charge in [0.05, 0.1) is 26.4 Å². The molecule has 0 amide bonds. The van der Waals surface area contributed by atoms with E-state index >= 15 is 0 Å². The zero-order chi connectivity index (χ0) is 7.94. The van der Waals surface area contributed by atoms with Gasteiger partial charge in [0, 0.05) is 13.1 Å². The second-order valence-electron chi connectivity index (χ2n) is 2.66. The Bertz CT molecular complexity index is 87.3. The van der Waals surface area contributed by atoms with Gasteiger partial charge in [-0.15, -0.1) is 0 Å². The van der Waals surface area contributed by atoms with Crippen molar-refractivity contribution in [3.8, 4) is 0 Å². The van der Waals surface area contributed by atoms with Gasteiger partial charge in [0.25, 0.3) is 0 Å². The van der Waals surface area contributed by atoms with Crippen LogP contribution in [0.15, 0.2) is 0 Å². The van der Waals surface area contributed by atoms with E-state index in [9.17, 15) is 0 Å². The molecule has 66 valence electrons. The van der Waals surface area contributed by atoms with Crippen LogP contribution in [0.4, 0.5) is 0 Å². The summed E-state index contributed by atoms with van der Waals surface area (Å²) in [6, 6.07) is 0. The number of ether oxygens (including phenoxy) is 2. The van der Waals surface area contributed by atoms with E-state index in [1.807, 2.05) is 0 Å². The molecule has 0 bridgehead atoms. The number of hydrogen-bond donors (Lipinski definition) is 0. The fourth-order valence-electron chi connectivity index (χ4n) is 0.917. The third kappa shape index (κ3) is 5.18. The van der Waals surface area contributed by atoms with Crippen molar-refractivity contribution < 1.29 is 9.47 Å². The van der Waals surface area contributed by atoms with E-state index in [0.29, 0.717) is 0 Å². The van der Waals surface area contributed by atoms with Crippen LogP contribution in [0.3, 0.4) is 0 Å². The number of epoxide rings is 1. The molecule has 0 aromatic rings. The Morgan fingerprint density at radius 3 is 1.82 bits per heavy atom. The van der Waals surface area contributed by atoms with Crippen LogP contribution in [0.2, 0.25) is 0 Å². The van der Waals surface area contributed by atoms with Gasteiger partial charge in [-0.05, 0) is 6.54 Å². The van der Waals surface area contributed by atoms with Crippen molar-refractivity contribution in [2.75, 3.05) is 46.1 Å². The van der Waals surface area contributed by atoms with Crippen LogP contribution in [0.5, 0.6) is 0 Å². The van der Waals surface area contributed by atoms with Crippen LogP contribution in [0.1, 0.15) is 6.92 Å². The van der Waals surface area contributed by atoms with Crippen LogP contribution in [0, 0.1) is 0 Å². The first-order chi connectivity index (χ1) is 5.43. The number of likely N-dealkylation sites (N-methyl/N-ethyl adjacent to an activating group) is 1. The standard InChI is InChI=1S/C6H13NO.C2H4O/c1-2-7-3-5-8-6-4-7;1-2-3-1/h2-6H2,1H3;1-2H2. The van der Waals surface area contributed by atoms with Crippen LogP contribution in [-0.2, 0) is 9.47 Å². The average molecular weight is 159 g/mol. The van der Waals surface area contributed by atoms with E-state index < -0.39 is 0 Å². The fourth-order valence-corrected chi connectivity index (χ4v) is 0.917. The number of hydrogen-bond acceptors (Lipinski definition) is 3. The molecule has 0 atom stereocenters. The number of rotatable bonds is 1. The van der Waals surface area contributed by atoms with E-state index in [4.69, 9.17) is 4.74 Å². The van der Waals surface area contributed by atoms with Gasteiger partial charge < -0.3 is 9.47 Å². The zero-order valence-electron chi connectivity index (χ0n) is 7.21. The monoisotopic (exact) mass is 159 g/mol. The van der Waals surface area contributed by atoms with E-state index in [-0.39, 0.29) is 0 Å². The first-order valence-corrected chi connectivity index (χ1v) is 4.31. The Morgan fingerprint density at radius 1 is 1.00 bits per heavy atom. The molecule has 3 nitrogen and oxygen atoms in total. The van der Waals surface area contributed by atoms with Crippen molar-refractivity contribution in [3.63, 3.8) is 0 Å². The summed E-state index contributed by atoms with van der Waals surface area (Å²) in [6.45, 7) is 9.45. The lowest BCUT2D eigenvalue weighted by atomic mass is 10.4. The second-order valence-corrected chi connectivity index (χ2v) is 2.66.